The summed E-state index contributed by atoms with van der Waals surface area (Å²) in [5.74, 6) is 1.16. The summed E-state index contributed by atoms with van der Waals surface area (Å²) in [4.78, 5) is 13.0. The molecule has 1 amide bonds. The van der Waals surface area contributed by atoms with E-state index in [1.54, 1.807) is 13.2 Å². The van der Waals surface area contributed by atoms with E-state index in [-0.39, 0.29) is 11.4 Å². The molecule has 28 heavy (non-hydrogen) atoms. The lowest BCUT2D eigenvalue weighted by Gasteiger charge is -2.13. The van der Waals surface area contributed by atoms with E-state index in [1.165, 1.54) is 17.3 Å². The van der Waals surface area contributed by atoms with Gasteiger partial charge in [-0.05, 0) is 47.9 Å². The highest BCUT2D eigenvalue weighted by Crippen LogP contribution is 2.33. The van der Waals surface area contributed by atoms with E-state index in [1.807, 2.05) is 36.4 Å². The van der Waals surface area contributed by atoms with Crippen LogP contribution in [0.15, 0.2) is 60.0 Å². The zero-order chi connectivity index (χ0) is 19.9. The van der Waals surface area contributed by atoms with E-state index in [0.717, 1.165) is 17.7 Å². The topological polar surface area (TPSA) is 59.6 Å². The van der Waals surface area contributed by atoms with Gasteiger partial charge < -0.3 is 20.1 Å². The quantitative estimate of drug-likeness (QED) is 0.511. The van der Waals surface area contributed by atoms with Gasteiger partial charge in [-0.25, -0.2) is 0 Å². The molecule has 2 N–H and O–H groups in total. The summed E-state index contributed by atoms with van der Waals surface area (Å²) in [5.41, 5.74) is 2.92. The summed E-state index contributed by atoms with van der Waals surface area (Å²) in [7, 11) is 1.59. The van der Waals surface area contributed by atoms with Gasteiger partial charge in [0, 0.05) is 5.69 Å². The van der Waals surface area contributed by atoms with Crippen LogP contribution >= 0.6 is 11.8 Å². The fraction of sp³-hybridized carbons (Fsp3) is 0.227. The number of rotatable bonds is 8. The van der Waals surface area contributed by atoms with Gasteiger partial charge in [0.25, 0.3) is 5.91 Å². The molecule has 5 nitrogen and oxygen atoms in total. The Morgan fingerprint density at radius 1 is 1.21 bits per heavy atom. The number of hydrogen-bond donors (Lipinski definition) is 2. The number of ether oxygens (including phenoxy) is 2. The Kier molecular flexibility index (Phi) is 6.66. The van der Waals surface area contributed by atoms with Gasteiger partial charge in [0.05, 0.1) is 12.0 Å². The molecule has 0 saturated carbocycles. The molecule has 2 aromatic carbocycles. The third-order valence-electron chi connectivity index (χ3n) is 4.23. The average Bonchev–Trinajstić information content (AvgIpc) is 3.06. The zero-order valence-electron chi connectivity index (χ0n) is 16.0. The number of thioether (sulfide) groups is 1. The molecular formula is C22H24N2O3S. The first-order valence-corrected chi connectivity index (χ1v) is 9.97. The SMILES string of the molecule is C=CCOc1ccc(/C=C2\S[C@H](Nc3ccc(CC)cc3)NC2=O)cc1OC. The monoisotopic (exact) mass is 396 g/mol. The molecule has 0 spiro atoms. The lowest BCUT2D eigenvalue weighted by Crippen LogP contribution is -2.30. The Morgan fingerprint density at radius 2 is 2.00 bits per heavy atom. The van der Waals surface area contributed by atoms with Gasteiger partial charge in [-0.1, -0.05) is 49.5 Å². The molecule has 0 unspecified atom stereocenters. The molecule has 0 aliphatic carbocycles. The molecular weight excluding hydrogens is 372 g/mol. The van der Waals surface area contributed by atoms with Gasteiger partial charge in [-0.3, -0.25) is 4.79 Å². The third kappa shape index (κ3) is 4.89. The largest absolute Gasteiger partial charge is 0.493 e. The van der Waals surface area contributed by atoms with Crippen LogP contribution in [0.5, 0.6) is 11.5 Å². The number of anilines is 1. The number of aryl methyl sites for hydroxylation is 1. The minimum atomic E-state index is -0.205. The van der Waals surface area contributed by atoms with Crippen LogP contribution < -0.4 is 20.1 Å². The molecule has 6 heteroatoms. The maximum Gasteiger partial charge on any atom is 0.260 e. The van der Waals surface area contributed by atoms with Gasteiger partial charge >= 0.3 is 0 Å². The number of nitrogens with one attached hydrogen (secondary N) is 2. The molecule has 146 valence electrons. The molecule has 0 radical (unpaired) electrons. The van der Waals surface area contributed by atoms with E-state index in [2.05, 4.69) is 36.3 Å². The van der Waals surface area contributed by atoms with Gasteiger partial charge in [0.15, 0.2) is 17.0 Å². The fourth-order valence-electron chi connectivity index (χ4n) is 2.75. The van der Waals surface area contributed by atoms with E-state index < -0.39 is 0 Å². The number of benzene rings is 2. The van der Waals surface area contributed by atoms with Gasteiger partial charge in [-0.15, -0.1) is 0 Å². The smallest absolute Gasteiger partial charge is 0.260 e. The first kappa shape index (κ1) is 19.9. The average molecular weight is 397 g/mol. The maximum atomic E-state index is 12.3. The standard InChI is InChI=1S/C22H24N2O3S/c1-4-12-27-18-11-8-16(13-19(18)26-3)14-20-21(25)24-22(28-20)23-17-9-6-15(5-2)7-10-17/h4,6-11,13-14,22-23H,1,5,12H2,2-3H3,(H,24,25)/b20-14-/t22-/m1/s1. The van der Waals surface area contributed by atoms with E-state index in [9.17, 15) is 4.79 Å². The Bertz CT molecular complexity index is 878. The van der Waals surface area contributed by atoms with Crippen molar-refractivity contribution < 1.29 is 14.3 Å². The Hall–Kier alpha value is -2.86. The van der Waals surface area contributed by atoms with Crippen LogP contribution in [-0.2, 0) is 11.2 Å². The fourth-order valence-corrected chi connectivity index (χ4v) is 3.73. The minimum absolute atomic E-state index is 0.0985. The van der Waals surface area contributed by atoms with Gasteiger partial charge in [-0.2, -0.15) is 0 Å². The third-order valence-corrected chi connectivity index (χ3v) is 5.26. The van der Waals surface area contributed by atoms with Crippen molar-refractivity contribution in [1.82, 2.24) is 5.32 Å². The first-order valence-electron chi connectivity index (χ1n) is 9.09. The molecule has 3 rings (SSSR count). The second-order valence-corrected chi connectivity index (χ2v) is 7.33. The normalized spacial score (nSPS) is 17.3. The Morgan fingerprint density at radius 3 is 2.68 bits per heavy atom. The summed E-state index contributed by atoms with van der Waals surface area (Å²) in [6, 6.07) is 13.8. The molecule has 1 heterocycles. The van der Waals surface area contributed by atoms with Crippen LogP contribution in [0.2, 0.25) is 0 Å². The van der Waals surface area contributed by atoms with Crippen LogP contribution in [-0.4, -0.2) is 25.1 Å². The van der Waals surface area contributed by atoms with Crippen molar-refractivity contribution in [2.24, 2.45) is 0 Å². The van der Waals surface area contributed by atoms with Crippen molar-refractivity contribution >= 4 is 29.4 Å². The van der Waals surface area contributed by atoms with Gasteiger partial charge in [0.1, 0.15) is 6.61 Å². The van der Waals surface area contributed by atoms with Crippen LogP contribution in [0.1, 0.15) is 18.1 Å². The Labute approximate surface area is 169 Å². The highest BCUT2D eigenvalue weighted by molar-refractivity contribution is 8.05. The highest BCUT2D eigenvalue weighted by atomic mass is 32.2. The summed E-state index contributed by atoms with van der Waals surface area (Å²) >= 11 is 1.45. The predicted molar refractivity (Wildman–Crippen MR) is 116 cm³/mol. The second-order valence-electron chi connectivity index (χ2n) is 6.18. The number of hydrogen-bond acceptors (Lipinski definition) is 5. The number of amides is 1. The lowest BCUT2D eigenvalue weighted by atomic mass is 10.1. The van der Waals surface area contributed by atoms with Crippen LogP contribution in [0.4, 0.5) is 5.69 Å². The summed E-state index contributed by atoms with van der Waals surface area (Å²) in [6.45, 7) is 6.17. The summed E-state index contributed by atoms with van der Waals surface area (Å²) in [5, 5.41) is 6.28. The van der Waals surface area contributed by atoms with Crippen molar-refractivity contribution in [3.8, 4) is 11.5 Å². The highest BCUT2D eigenvalue weighted by Gasteiger charge is 2.27. The Balaban J connectivity index is 1.70. The van der Waals surface area contributed by atoms with E-state index >= 15 is 0 Å². The molecule has 1 saturated heterocycles. The number of methoxy groups -OCH3 is 1. The van der Waals surface area contributed by atoms with Crippen molar-refractivity contribution in [3.05, 3.63) is 71.2 Å². The van der Waals surface area contributed by atoms with Crippen molar-refractivity contribution in [3.63, 3.8) is 0 Å². The van der Waals surface area contributed by atoms with Crippen molar-refractivity contribution in [1.29, 1.82) is 0 Å². The van der Waals surface area contributed by atoms with Gasteiger partial charge in [0.2, 0.25) is 0 Å². The zero-order valence-corrected chi connectivity index (χ0v) is 16.8. The second kappa shape index (κ2) is 9.37. The first-order chi connectivity index (χ1) is 13.6. The number of carbonyl (C=O) groups excluding carboxylic acids is 1. The van der Waals surface area contributed by atoms with Crippen molar-refractivity contribution in [2.75, 3.05) is 19.0 Å². The summed E-state index contributed by atoms with van der Waals surface area (Å²) < 4.78 is 11.0. The molecule has 1 atom stereocenters. The lowest BCUT2D eigenvalue weighted by molar-refractivity contribution is -0.116. The maximum absolute atomic E-state index is 12.3. The van der Waals surface area contributed by atoms with E-state index in [0.29, 0.717) is 23.0 Å². The predicted octanol–water partition coefficient (Wildman–Crippen LogP) is 4.42. The molecule has 1 aliphatic rings. The molecule has 1 fully saturated rings. The van der Waals surface area contributed by atoms with Crippen LogP contribution in [0.3, 0.4) is 0 Å². The van der Waals surface area contributed by atoms with Crippen LogP contribution in [0.25, 0.3) is 6.08 Å². The van der Waals surface area contributed by atoms with Crippen LogP contribution in [0, 0.1) is 0 Å². The van der Waals surface area contributed by atoms with E-state index in [4.69, 9.17) is 9.47 Å². The number of carbonyl (C=O) groups is 1. The molecule has 0 aromatic heterocycles. The molecule has 0 bridgehead atoms. The molecule has 1 aliphatic heterocycles. The molecule has 2 aromatic rings. The summed E-state index contributed by atoms with van der Waals surface area (Å²) in [6.07, 6.45) is 4.53. The minimum Gasteiger partial charge on any atom is -0.493 e. The van der Waals surface area contributed by atoms with Crippen molar-refractivity contribution in [2.45, 2.75) is 18.8 Å².